The van der Waals surface area contributed by atoms with Crippen molar-refractivity contribution in [3.05, 3.63) is 18.0 Å². The van der Waals surface area contributed by atoms with E-state index in [0.29, 0.717) is 11.4 Å². The van der Waals surface area contributed by atoms with Gasteiger partial charge in [0.1, 0.15) is 4.90 Å². The Bertz CT molecular complexity index is 547. The lowest BCUT2D eigenvalue weighted by molar-refractivity contribution is 0.464. The molecule has 2 rings (SSSR count). The summed E-state index contributed by atoms with van der Waals surface area (Å²) >= 11 is 0. The van der Waals surface area contributed by atoms with Gasteiger partial charge in [0.05, 0.1) is 0 Å². The lowest BCUT2D eigenvalue weighted by atomic mass is 10.4. The van der Waals surface area contributed by atoms with Crippen molar-refractivity contribution < 1.29 is 8.42 Å². The summed E-state index contributed by atoms with van der Waals surface area (Å²) in [5.74, 6) is 0. The number of hydrogen-bond acceptors (Lipinski definition) is 3. The molecular weight excluding hydrogens is 274 g/mol. The van der Waals surface area contributed by atoms with E-state index in [-0.39, 0.29) is 6.04 Å². The molecule has 6 heteroatoms. The number of aromatic nitrogens is 1. The number of rotatable bonds is 8. The van der Waals surface area contributed by atoms with E-state index < -0.39 is 10.0 Å². The van der Waals surface area contributed by atoms with Gasteiger partial charge in [-0.2, -0.15) is 4.31 Å². The van der Waals surface area contributed by atoms with Crippen LogP contribution < -0.4 is 5.32 Å². The third-order valence-corrected chi connectivity index (χ3v) is 5.59. The molecule has 114 valence electrons. The molecule has 0 unspecified atom stereocenters. The smallest absolute Gasteiger partial charge is 0.244 e. The molecular formula is C14H25N3O2S. The van der Waals surface area contributed by atoms with Crippen LogP contribution in [0.1, 0.15) is 38.8 Å². The van der Waals surface area contributed by atoms with E-state index in [0.717, 1.165) is 38.0 Å². The highest BCUT2D eigenvalue weighted by Gasteiger charge is 2.35. The molecule has 1 N–H and O–H groups in total. The third-order valence-electron chi connectivity index (χ3n) is 3.72. The molecule has 5 nitrogen and oxygen atoms in total. The number of sulfonamides is 1. The predicted octanol–water partition coefficient (Wildman–Crippen LogP) is 1.79. The number of hydrogen-bond donors (Lipinski definition) is 1. The monoisotopic (exact) mass is 299 g/mol. The van der Waals surface area contributed by atoms with Crippen molar-refractivity contribution in [3.63, 3.8) is 0 Å². The molecule has 0 saturated heterocycles. The number of nitrogens with zero attached hydrogens (tertiary/aromatic N) is 2. The maximum absolute atomic E-state index is 12.5. The van der Waals surface area contributed by atoms with Gasteiger partial charge in [-0.1, -0.05) is 13.8 Å². The number of nitrogens with one attached hydrogen (secondary N) is 1. The van der Waals surface area contributed by atoms with Crippen LogP contribution in [0, 0.1) is 0 Å². The van der Waals surface area contributed by atoms with Crippen molar-refractivity contribution in [2.75, 3.05) is 13.6 Å². The molecule has 0 atom stereocenters. The predicted molar refractivity (Wildman–Crippen MR) is 80.1 cm³/mol. The molecule has 1 aromatic rings. The van der Waals surface area contributed by atoms with Crippen LogP contribution in [0.25, 0.3) is 0 Å². The second-order valence-corrected chi connectivity index (χ2v) is 7.39. The standard InChI is InChI=1S/C14H25N3O2S/c1-4-8-17-11-14(9-13(17)10-15-5-2)20(18,19)16(3)12-6-7-12/h9,11-12,15H,4-8,10H2,1-3H3. The van der Waals surface area contributed by atoms with E-state index in [1.54, 1.807) is 13.2 Å². The first kappa shape index (κ1) is 15.5. The second-order valence-electron chi connectivity index (χ2n) is 5.39. The van der Waals surface area contributed by atoms with Crippen molar-refractivity contribution in [1.29, 1.82) is 0 Å². The zero-order valence-electron chi connectivity index (χ0n) is 12.6. The fourth-order valence-electron chi connectivity index (χ4n) is 2.32. The van der Waals surface area contributed by atoms with Gasteiger partial charge in [-0.3, -0.25) is 0 Å². The summed E-state index contributed by atoms with van der Waals surface area (Å²) in [5, 5.41) is 3.26. The Morgan fingerprint density at radius 3 is 2.65 bits per heavy atom. The van der Waals surface area contributed by atoms with Crippen LogP contribution >= 0.6 is 0 Å². The maximum atomic E-state index is 12.5. The van der Waals surface area contributed by atoms with Crippen LogP contribution in [-0.2, 0) is 23.1 Å². The minimum atomic E-state index is -3.34. The van der Waals surface area contributed by atoms with Crippen molar-refractivity contribution in [3.8, 4) is 0 Å². The van der Waals surface area contributed by atoms with Gasteiger partial charge < -0.3 is 9.88 Å². The third kappa shape index (κ3) is 3.24. The Morgan fingerprint density at radius 2 is 2.10 bits per heavy atom. The topological polar surface area (TPSA) is 54.3 Å². The van der Waals surface area contributed by atoms with Gasteiger partial charge in [-0.05, 0) is 31.9 Å². The molecule has 0 spiro atoms. The summed E-state index contributed by atoms with van der Waals surface area (Å²) in [6.07, 6.45) is 4.74. The van der Waals surface area contributed by atoms with Crippen LogP contribution in [0.15, 0.2) is 17.2 Å². The molecule has 1 fully saturated rings. The first-order chi connectivity index (χ1) is 9.50. The van der Waals surface area contributed by atoms with Crippen LogP contribution in [0.5, 0.6) is 0 Å². The van der Waals surface area contributed by atoms with Gasteiger partial charge in [0.25, 0.3) is 0 Å². The van der Waals surface area contributed by atoms with Gasteiger partial charge in [-0.15, -0.1) is 0 Å². The number of aryl methyl sites for hydroxylation is 1. The van der Waals surface area contributed by atoms with Crippen molar-refractivity contribution in [2.24, 2.45) is 0 Å². The summed E-state index contributed by atoms with van der Waals surface area (Å²) in [7, 11) is -1.65. The quantitative estimate of drug-likeness (QED) is 0.796. The van der Waals surface area contributed by atoms with Crippen LogP contribution in [0.4, 0.5) is 0 Å². The maximum Gasteiger partial charge on any atom is 0.244 e. The lowest BCUT2D eigenvalue weighted by Gasteiger charge is -2.14. The average molecular weight is 299 g/mol. The highest BCUT2D eigenvalue weighted by atomic mass is 32.2. The summed E-state index contributed by atoms with van der Waals surface area (Å²) in [6.45, 7) is 6.58. The molecule has 0 aliphatic heterocycles. The molecule has 1 aromatic heterocycles. The Balaban J connectivity index is 2.26. The highest BCUT2D eigenvalue weighted by molar-refractivity contribution is 7.89. The van der Waals surface area contributed by atoms with Gasteiger partial charge in [0.15, 0.2) is 0 Å². The summed E-state index contributed by atoms with van der Waals surface area (Å²) in [4.78, 5) is 0.424. The van der Waals surface area contributed by atoms with Gasteiger partial charge in [0.2, 0.25) is 10.0 Å². The summed E-state index contributed by atoms with van der Waals surface area (Å²) < 4.78 is 28.7. The minimum absolute atomic E-state index is 0.201. The highest BCUT2D eigenvalue weighted by Crippen LogP contribution is 2.31. The lowest BCUT2D eigenvalue weighted by Crippen LogP contribution is -2.28. The van der Waals surface area contributed by atoms with Crippen LogP contribution in [0.3, 0.4) is 0 Å². The van der Waals surface area contributed by atoms with Crippen LogP contribution in [0.2, 0.25) is 0 Å². The van der Waals surface area contributed by atoms with Crippen molar-refractivity contribution in [2.45, 2.75) is 57.1 Å². The first-order valence-electron chi connectivity index (χ1n) is 7.38. The van der Waals surface area contributed by atoms with E-state index in [1.807, 2.05) is 13.0 Å². The molecule has 0 amide bonds. The molecule has 1 aliphatic carbocycles. The fraction of sp³-hybridized carbons (Fsp3) is 0.714. The van der Waals surface area contributed by atoms with Crippen LogP contribution in [-0.4, -0.2) is 36.9 Å². The molecule has 0 bridgehead atoms. The molecule has 20 heavy (non-hydrogen) atoms. The Kier molecular flexibility index (Phi) is 4.88. The van der Waals surface area contributed by atoms with Gasteiger partial charge in [0, 0.05) is 38.1 Å². The van der Waals surface area contributed by atoms with E-state index in [9.17, 15) is 8.42 Å². The zero-order chi connectivity index (χ0) is 14.8. The molecule has 0 aromatic carbocycles. The molecule has 1 aliphatic rings. The summed E-state index contributed by atoms with van der Waals surface area (Å²) in [6, 6.07) is 2.01. The first-order valence-corrected chi connectivity index (χ1v) is 8.82. The molecule has 1 heterocycles. The fourth-order valence-corrected chi connectivity index (χ4v) is 3.80. The van der Waals surface area contributed by atoms with E-state index >= 15 is 0 Å². The molecule has 1 saturated carbocycles. The van der Waals surface area contributed by atoms with Gasteiger partial charge >= 0.3 is 0 Å². The average Bonchev–Trinajstić information content (AvgIpc) is 3.18. The Morgan fingerprint density at radius 1 is 1.40 bits per heavy atom. The van der Waals surface area contributed by atoms with E-state index in [4.69, 9.17) is 0 Å². The van der Waals surface area contributed by atoms with Crippen molar-refractivity contribution in [1.82, 2.24) is 14.2 Å². The SMILES string of the molecule is CCCn1cc(S(=O)(=O)N(C)C2CC2)cc1CNCC. The second kappa shape index (κ2) is 6.28. The summed E-state index contributed by atoms with van der Waals surface area (Å²) in [5.41, 5.74) is 1.04. The van der Waals surface area contributed by atoms with E-state index in [2.05, 4.69) is 16.8 Å². The Hall–Kier alpha value is -0.850. The van der Waals surface area contributed by atoms with Crippen molar-refractivity contribution >= 4 is 10.0 Å². The Labute approximate surface area is 122 Å². The largest absolute Gasteiger partial charge is 0.349 e. The molecule has 0 radical (unpaired) electrons. The normalized spacial score (nSPS) is 16.0. The van der Waals surface area contributed by atoms with Gasteiger partial charge in [-0.25, -0.2) is 8.42 Å². The van der Waals surface area contributed by atoms with E-state index in [1.165, 1.54) is 4.31 Å². The minimum Gasteiger partial charge on any atom is -0.349 e. The zero-order valence-corrected chi connectivity index (χ0v) is 13.4.